The van der Waals surface area contributed by atoms with Crippen molar-refractivity contribution in [3.63, 3.8) is 0 Å². The van der Waals surface area contributed by atoms with E-state index in [0.717, 1.165) is 31.6 Å². The second-order valence-corrected chi connectivity index (χ2v) is 5.90. The van der Waals surface area contributed by atoms with Gasteiger partial charge >= 0.3 is 0 Å². The van der Waals surface area contributed by atoms with Crippen molar-refractivity contribution < 1.29 is 14.6 Å². The highest BCUT2D eigenvalue weighted by atomic mass is 16.5. The maximum Gasteiger partial charge on any atom is 0.119 e. The van der Waals surface area contributed by atoms with Crippen molar-refractivity contribution in [1.29, 1.82) is 5.26 Å². The highest BCUT2D eigenvalue weighted by Crippen LogP contribution is 2.21. The van der Waals surface area contributed by atoms with Gasteiger partial charge in [-0.05, 0) is 42.5 Å². The van der Waals surface area contributed by atoms with E-state index in [1.807, 2.05) is 36.4 Å². The summed E-state index contributed by atoms with van der Waals surface area (Å²) in [5.74, 6) is 0.731. The summed E-state index contributed by atoms with van der Waals surface area (Å²) >= 11 is 0. The van der Waals surface area contributed by atoms with Crippen molar-refractivity contribution in [2.75, 3.05) is 13.2 Å². The average Bonchev–Trinajstić information content (AvgIpc) is 2.65. The van der Waals surface area contributed by atoms with Gasteiger partial charge in [0.15, 0.2) is 0 Å². The normalized spacial score (nSPS) is 11.7. The Bertz CT molecular complexity index is 652. The molecule has 132 valence electrons. The molecule has 0 aliphatic heterocycles. The highest BCUT2D eigenvalue weighted by molar-refractivity contribution is 5.30. The van der Waals surface area contributed by atoms with E-state index >= 15 is 0 Å². The van der Waals surface area contributed by atoms with Crippen molar-refractivity contribution in [3.8, 4) is 11.8 Å². The summed E-state index contributed by atoms with van der Waals surface area (Å²) in [4.78, 5) is 0. The summed E-state index contributed by atoms with van der Waals surface area (Å²) in [5, 5.41) is 18.5. The van der Waals surface area contributed by atoms with Gasteiger partial charge in [0.05, 0.1) is 31.8 Å². The second kappa shape index (κ2) is 11.2. The molecule has 4 heteroatoms. The van der Waals surface area contributed by atoms with Crippen LogP contribution >= 0.6 is 0 Å². The molecule has 0 heterocycles. The molecule has 0 fully saturated rings. The first-order valence-electron chi connectivity index (χ1n) is 8.69. The number of unbranched alkanes of at least 4 members (excludes halogenated alkanes) is 2. The lowest BCUT2D eigenvalue weighted by Crippen LogP contribution is -2.01. The van der Waals surface area contributed by atoms with Gasteiger partial charge in [-0.3, -0.25) is 0 Å². The first-order valence-corrected chi connectivity index (χ1v) is 8.69. The fourth-order valence-electron chi connectivity index (χ4n) is 2.45. The minimum Gasteiger partial charge on any atom is -0.494 e. The van der Waals surface area contributed by atoms with E-state index in [2.05, 4.69) is 12.1 Å². The van der Waals surface area contributed by atoms with Gasteiger partial charge in [-0.2, -0.15) is 5.26 Å². The van der Waals surface area contributed by atoms with Crippen molar-refractivity contribution in [2.24, 2.45) is 0 Å². The molecule has 2 aromatic rings. The van der Waals surface area contributed by atoms with Gasteiger partial charge in [-0.25, -0.2) is 0 Å². The molecule has 0 bridgehead atoms. The van der Waals surface area contributed by atoms with Crippen molar-refractivity contribution in [2.45, 2.75) is 38.4 Å². The Labute approximate surface area is 149 Å². The monoisotopic (exact) mass is 339 g/mol. The lowest BCUT2D eigenvalue weighted by Gasteiger charge is -2.10. The number of ether oxygens (including phenoxy) is 2. The maximum absolute atomic E-state index is 9.83. The van der Waals surface area contributed by atoms with E-state index in [1.165, 1.54) is 5.56 Å². The van der Waals surface area contributed by atoms with E-state index in [9.17, 15) is 5.11 Å². The molecule has 0 radical (unpaired) electrons. The molecule has 1 unspecified atom stereocenters. The predicted molar refractivity (Wildman–Crippen MR) is 97.1 cm³/mol. The highest BCUT2D eigenvalue weighted by Gasteiger charge is 2.07. The smallest absolute Gasteiger partial charge is 0.119 e. The molecule has 0 aliphatic carbocycles. The number of nitrogens with zero attached hydrogens (tertiary/aromatic N) is 1. The fourth-order valence-corrected chi connectivity index (χ4v) is 2.45. The van der Waals surface area contributed by atoms with E-state index in [4.69, 9.17) is 14.7 Å². The number of aliphatic hydroxyl groups is 1. The number of aliphatic hydroxyl groups excluding tert-OH is 1. The van der Waals surface area contributed by atoms with Crippen LogP contribution in [0.5, 0.6) is 5.75 Å². The summed E-state index contributed by atoms with van der Waals surface area (Å²) < 4.78 is 11.4. The topological polar surface area (TPSA) is 62.5 Å². The summed E-state index contributed by atoms with van der Waals surface area (Å²) in [6.45, 7) is 2.05. The molecule has 0 amide bonds. The third-order valence-corrected chi connectivity index (χ3v) is 3.84. The number of hydrogen-bond donors (Lipinski definition) is 1. The zero-order valence-electron chi connectivity index (χ0n) is 14.4. The Hall–Kier alpha value is -2.35. The molecular formula is C21H25NO3. The first kappa shape index (κ1) is 19.0. The molecule has 1 N–H and O–H groups in total. The Kier molecular flexibility index (Phi) is 8.54. The second-order valence-electron chi connectivity index (χ2n) is 5.90. The minimum atomic E-state index is -0.754. The quantitative estimate of drug-likeness (QED) is 0.616. The largest absolute Gasteiger partial charge is 0.494 e. The van der Waals surface area contributed by atoms with Gasteiger partial charge in [0.25, 0.3) is 0 Å². The molecular weight excluding hydrogens is 314 g/mol. The van der Waals surface area contributed by atoms with Crippen LogP contribution in [0.25, 0.3) is 0 Å². The Morgan fingerprint density at radius 1 is 0.960 bits per heavy atom. The predicted octanol–water partition coefficient (Wildman–Crippen LogP) is 4.40. The molecule has 25 heavy (non-hydrogen) atoms. The SMILES string of the molecule is N#CCC(O)c1cccc(OCCCCCOCc2ccccc2)c1. The van der Waals surface area contributed by atoms with E-state index in [0.29, 0.717) is 18.8 Å². The van der Waals surface area contributed by atoms with Crippen LogP contribution in [-0.2, 0) is 11.3 Å². The van der Waals surface area contributed by atoms with Crippen molar-refractivity contribution in [3.05, 3.63) is 65.7 Å². The van der Waals surface area contributed by atoms with Gasteiger partial charge in [-0.15, -0.1) is 0 Å². The number of benzene rings is 2. The summed E-state index contributed by atoms with van der Waals surface area (Å²) in [7, 11) is 0. The Balaban J connectivity index is 1.56. The molecule has 0 saturated heterocycles. The Morgan fingerprint density at radius 3 is 2.56 bits per heavy atom. The van der Waals surface area contributed by atoms with Crippen LogP contribution in [0.3, 0.4) is 0 Å². The zero-order valence-corrected chi connectivity index (χ0v) is 14.4. The van der Waals surface area contributed by atoms with Crippen molar-refractivity contribution in [1.82, 2.24) is 0 Å². The summed E-state index contributed by atoms with van der Waals surface area (Å²) in [6, 6.07) is 19.4. The molecule has 0 aliphatic rings. The summed E-state index contributed by atoms with van der Waals surface area (Å²) in [6.07, 6.45) is 2.35. The van der Waals surface area contributed by atoms with Gasteiger partial charge in [0, 0.05) is 6.61 Å². The number of rotatable bonds is 11. The van der Waals surface area contributed by atoms with Crippen LogP contribution in [0, 0.1) is 11.3 Å². The molecule has 2 aromatic carbocycles. The molecule has 2 rings (SSSR count). The zero-order chi connectivity index (χ0) is 17.7. The lowest BCUT2D eigenvalue weighted by molar-refractivity contribution is 0.116. The third-order valence-electron chi connectivity index (χ3n) is 3.84. The maximum atomic E-state index is 9.83. The van der Waals surface area contributed by atoms with Gasteiger partial charge in [0.2, 0.25) is 0 Å². The van der Waals surface area contributed by atoms with Crippen LogP contribution in [-0.4, -0.2) is 18.3 Å². The van der Waals surface area contributed by atoms with Gasteiger partial charge in [-0.1, -0.05) is 42.5 Å². The number of hydrogen-bond acceptors (Lipinski definition) is 4. The third kappa shape index (κ3) is 7.38. The number of nitriles is 1. The summed E-state index contributed by atoms with van der Waals surface area (Å²) in [5.41, 5.74) is 1.91. The first-order chi connectivity index (χ1) is 12.3. The van der Waals surface area contributed by atoms with Crippen LogP contribution in [0.4, 0.5) is 0 Å². The molecule has 0 aromatic heterocycles. The van der Waals surface area contributed by atoms with Gasteiger partial charge in [0.1, 0.15) is 5.75 Å². The Morgan fingerprint density at radius 2 is 1.76 bits per heavy atom. The van der Waals surface area contributed by atoms with Crippen LogP contribution in [0.2, 0.25) is 0 Å². The van der Waals surface area contributed by atoms with Gasteiger partial charge < -0.3 is 14.6 Å². The minimum absolute atomic E-state index is 0.0897. The van der Waals surface area contributed by atoms with Crippen LogP contribution in [0.15, 0.2) is 54.6 Å². The lowest BCUT2D eigenvalue weighted by atomic mass is 10.1. The van der Waals surface area contributed by atoms with Crippen molar-refractivity contribution >= 4 is 0 Å². The molecule has 4 nitrogen and oxygen atoms in total. The molecule has 1 atom stereocenters. The van der Waals surface area contributed by atoms with Crippen LogP contribution < -0.4 is 4.74 Å². The van der Waals surface area contributed by atoms with E-state index in [1.54, 1.807) is 12.1 Å². The molecule has 0 spiro atoms. The van der Waals surface area contributed by atoms with E-state index < -0.39 is 6.10 Å². The fraction of sp³-hybridized carbons (Fsp3) is 0.381. The average molecular weight is 339 g/mol. The molecule has 0 saturated carbocycles. The van der Waals surface area contributed by atoms with E-state index in [-0.39, 0.29) is 6.42 Å². The standard InChI is InChI=1S/C21H25NO3/c22-13-12-21(23)19-10-7-11-20(16-19)25-15-6-2-5-14-24-17-18-8-3-1-4-9-18/h1,3-4,7-11,16,21,23H,2,5-6,12,14-15,17H2. The van der Waals surface area contributed by atoms with Crippen LogP contribution in [0.1, 0.15) is 42.9 Å².